The molecule has 2 aliphatic rings. The highest BCUT2D eigenvalue weighted by Gasteiger charge is 2.44. The number of aromatic nitrogens is 2. The lowest BCUT2D eigenvalue weighted by atomic mass is 9.87. The number of aromatic amines is 1. The van der Waals surface area contributed by atoms with Crippen LogP contribution in [0, 0.1) is 18.3 Å². The van der Waals surface area contributed by atoms with E-state index in [-0.39, 0.29) is 0 Å². The van der Waals surface area contributed by atoms with Gasteiger partial charge in [-0.3, -0.25) is 0 Å². The van der Waals surface area contributed by atoms with Crippen molar-refractivity contribution >= 4 is 0 Å². The second-order valence-corrected chi connectivity index (χ2v) is 5.26. The third kappa shape index (κ3) is 1.57. The molecular formula is C13H17N3O. The third-order valence-electron chi connectivity index (χ3n) is 4.03. The van der Waals surface area contributed by atoms with Gasteiger partial charge in [0.15, 0.2) is 5.41 Å². The molecular weight excluding hydrogens is 214 g/mol. The number of hydrogen-bond donors (Lipinski definition) is 1. The fourth-order valence-corrected chi connectivity index (χ4v) is 2.86. The number of nitrogens with one attached hydrogen (secondary N) is 1. The molecule has 0 bridgehead atoms. The number of ether oxygens (including phenoxy) is 1. The molecule has 17 heavy (non-hydrogen) atoms. The number of aryl methyl sites for hydroxylation is 1. The highest BCUT2D eigenvalue weighted by Crippen LogP contribution is 2.37. The van der Waals surface area contributed by atoms with Crippen LogP contribution in [0.25, 0.3) is 0 Å². The maximum atomic E-state index is 9.27. The summed E-state index contributed by atoms with van der Waals surface area (Å²) in [6.07, 6.45) is 5.08. The number of imidazole rings is 1. The molecule has 4 nitrogen and oxygen atoms in total. The second kappa shape index (κ2) is 3.85. The van der Waals surface area contributed by atoms with Crippen LogP contribution in [0.3, 0.4) is 0 Å². The van der Waals surface area contributed by atoms with Gasteiger partial charge in [-0.2, -0.15) is 5.26 Å². The van der Waals surface area contributed by atoms with E-state index < -0.39 is 5.41 Å². The van der Waals surface area contributed by atoms with Gasteiger partial charge in [0.1, 0.15) is 5.82 Å². The Morgan fingerprint density at radius 1 is 1.41 bits per heavy atom. The normalized spacial score (nSPS) is 23.3. The first-order valence-electron chi connectivity index (χ1n) is 6.31. The van der Waals surface area contributed by atoms with E-state index in [4.69, 9.17) is 9.72 Å². The van der Waals surface area contributed by atoms with Gasteiger partial charge in [0.05, 0.1) is 25.0 Å². The minimum atomic E-state index is -0.512. The largest absolute Gasteiger partial charge is 0.377 e. The van der Waals surface area contributed by atoms with Crippen molar-refractivity contribution in [2.24, 2.45) is 0 Å². The molecule has 90 valence electrons. The van der Waals surface area contributed by atoms with Crippen LogP contribution in [0.4, 0.5) is 0 Å². The molecule has 0 atom stereocenters. The van der Waals surface area contributed by atoms with Gasteiger partial charge in [-0.25, -0.2) is 4.98 Å². The van der Waals surface area contributed by atoms with Crippen molar-refractivity contribution in [1.82, 2.24) is 9.97 Å². The Hall–Kier alpha value is -1.34. The van der Waals surface area contributed by atoms with Gasteiger partial charge in [-0.15, -0.1) is 0 Å². The van der Waals surface area contributed by atoms with Crippen LogP contribution in [-0.4, -0.2) is 23.2 Å². The van der Waals surface area contributed by atoms with Gasteiger partial charge in [0.25, 0.3) is 0 Å². The highest BCUT2D eigenvalue weighted by molar-refractivity contribution is 5.30. The van der Waals surface area contributed by atoms with Crippen LogP contribution in [0.2, 0.25) is 0 Å². The summed E-state index contributed by atoms with van der Waals surface area (Å²) in [7, 11) is 0. The Kier molecular flexibility index (Phi) is 2.44. The predicted molar refractivity (Wildman–Crippen MR) is 62.6 cm³/mol. The van der Waals surface area contributed by atoms with Crippen molar-refractivity contribution in [3.05, 3.63) is 17.2 Å². The minimum Gasteiger partial charge on any atom is -0.377 e. The van der Waals surface area contributed by atoms with E-state index in [1.807, 2.05) is 0 Å². The monoisotopic (exact) mass is 231 g/mol. The van der Waals surface area contributed by atoms with E-state index in [1.165, 1.54) is 31.4 Å². The molecule has 1 saturated carbocycles. The fourth-order valence-electron chi connectivity index (χ4n) is 2.86. The zero-order chi connectivity index (χ0) is 11.9. The SMILES string of the molecule is Cc1[nH]c(C2(C#N)COC2)nc1C1CCCC1. The Bertz CT molecular complexity index is 461. The molecule has 2 heterocycles. The number of rotatable bonds is 2. The molecule has 0 unspecified atom stereocenters. The van der Waals surface area contributed by atoms with E-state index in [2.05, 4.69) is 18.0 Å². The molecule has 2 fully saturated rings. The minimum absolute atomic E-state index is 0.473. The van der Waals surface area contributed by atoms with Crippen molar-refractivity contribution in [3.8, 4) is 6.07 Å². The number of hydrogen-bond acceptors (Lipinski definition) is 3. The predicted octanol–water partition coefficient (Wildman–Crippen LogP) is 2.17. The Morgan fingerprint density at radius 2 is 2.12 bits per heavy atom. The summed E-state index contributed by atoms with van der Waals surface area (Å²) < 4.78 is 5.18. The van der Waals surface area contributed by atoms with Crippen molar-refractivity contribution in [3.63, 3.8) is 0 Å². The molecule has 1 aliphatic carbocycles. The first kappa shape index (κ1) is 10.8. The highest BCUT2D eigenvalue weighted by atomic mass is 16.5. The van der Waals surface area contributed by atoms with Gasteiger partial charge in [-0.05, 0) is 19.8 Å². The second-order valence-electron chi connectivity index (χ2n) is 5.26. The van der Waals surface area contributed by atoms with E-state index in [9.17, 15) is 5.26 Å². The summed E-state index contributed by atoms with van der Waals surface area (Å²) in [6, 6.07) is 2.34. The average Bonchev–Trinajstić information content (AvgIpc) is 2.86. The lowest BCUT2D eigenvalue weighted by Gasteiger charge is -2.32. The van der Waals surface area contributed by atoms with Crippen molar-refractivity contribution < 1.29 is 4.74 Å². The van der Waals surface area contributed by atoms with Gasteiger partial charge in [0, 0.05) is 11.6 Å². The number of H-pyrrole nitrogens is 1. The Balaban J connectivity index is 1.93. The molecule has 1 aromatic rings. The lowest BCUT2D eigenvalue weighted by molar-refractivity contribution is -0.0336. The van der Waals surface area contributed by atoms with Gasteiger partial charge in [0.2, 0.25) is 0 Å². The molecule has 1 saturated heterocycles. The van der Waals surface area contributed by atoms with Gasteiger partial charge >= 0.3 is 0 Å². The average molecular weight is 231 g/mol. The molecule has 1 aliphatic heterocycles. The van der Waals surface area contributed by atoms with Crippen LogP contribution in [-0.2, 0) is 10.2 Å². The van der Waals surface area contributed by atoms with Crippen LogP contribution in [0.5, 0.6) is 0 Å². The van der Waals surface area contributed by atoms with Crippen molar-refractivity contribution in [2.45, 2.75) is 43.9 Å². The van der Waals surface area contributed by atoms with Crippen molar-refractivity contribution in [1.29, 1.82) is 5.26 Å². The molecule has 0 radical (unpaired) electrons. The van der Waals surface area contributed by atoms with Gasteiger partial charge < -0.3 is 9.72 Å². The summed E-state index contributed by atoms with van der Waals surface area (Å²) in [4.78, 5) is 8.00. The molecule has 1 aromatic heterocycles. The standard InChI is InChI=1S/C13H17N3O/c1-9-11(10-4-2-3-5-10)16-12(15-9)13(6-14)7-17-8-13/h10H,2-5,7-8H2,1H3,(H,15,16). The summed E-state index contributed by atoms with van der Waals surface area (Å²) >= 11 is 0. The van der Waals surface area contributed by atoms with Crippen molar-refractivity contribution in [2.75, 3.05) is 13.2 Å². The molecule has 0 amide bonds. The van der Waals surface area contributed by atoms with E-state index >= 15 is 0 Å². The first-order chi connectivity index (χ1) is 8.25. The quantitative estimate of drug-likeness (QED) is 0.848. The lowest BCUT2D eigenvalue weighted by Crippen LogP contribution is -2.46. The molecule has 0 aromatic carbocycles. The summed E-state index contributed by atoms with van der Waals surface area (Å²) in [6.45, 7) is 3.01. The topological polar surface area (TPSA) is 61.7 Å². The fraction of sp³-hybridized carbons (Fsp3) is 0.692. The molecule has 4 heteroatoms. The molecule has 1 N–H and O–H groups in total. The third-order valence-corrected chi connectivity index (χ3v) is 4.03. The zero-order valence-corrected chi connectivity index (χ0v) is 10.1. The van der Waals surface area contributed by atoms with Crippen LogP contribution in [0.15, 0.2) is 0 Å². The maximum Gasteiger partial charge on any atom is 0.161 e. The van der Waals surface area contributed by atoms with E-state index in [0.29, 0.717) is 19.1 Å². The maximum absolute atomic E-state index is 9.27. The zero-order valence-electron chi connectivity index (χ0n) is 10.1. The molecule has 3 rings (SSSR count). The first-order valence-corrected chi connectivity index (χ1v) is 6.31. The van der Waals surface area contributed by atoms with E-state index in [0.717, 1.165) is 11.5 Å². The molecule has 0 spiro atoms. The Labute approximate surface area is 101 Å². The number of nitrogens with zero attached hydrogens (tertiary/aromatic N) is 2. The summed E-state index contributed by atoms with van der Waals surface area (Å²) in [5.74, 6) is 1.40. The smallest absolute Gasteiger partial charge is 0.161 e. The summed E-state index contributed by atoms with van der Waals surface area (Å²) in [5.41, 5.74) is 1.80. The summed E-state index contributed by atoms with van der Waals surface area (Å²) in [5, 5.41) is 9.27. The van der Waals surface area contributed by atoms with Crippen LogP contribution in [0.1, 0.15) is 48.8 Å². The Morgan fingerprint density at radius 3 is 2.65 bits per heavy atom. The van der Waals surface area contributed by atoms with Gasteiger partial charge in [-0.1, -0.05) is 12.8 Å². The van der Waals surface area contributed by atoms with E-state index in [1.54, 1.807) is 0 Å². The van der Waals surface area contributed by atoms with Crippen LogP contribution >= 0.6 is 0 Å². The van der Waals surface area contributed by atoms with Crippen LogP contribution < -0.4 is 0 Å². The number of nitriles is 1.